The average molecular weight is 276 g/mol. The van der Waals surface area contributed by atoms with E-state index in [4.69, 9.17) is 23.7 Å². The Morgan fingerprint density at radius 3 is 1.53 bits per heavy atom. The Labute approximate surface area is 112 Å². The Hall–Kier alpha value is -1.18. The summed E-state index contributed by atoms with van der Waals surface area (Å²) in [6.45, 7) is 2.79. The zero-order valence-corrected chi connectivity index (χ0v) is 11.6. The zero-order valence-electron chi connectivity index (χ0n) is 11.6. The standard InChI is InChI=1S/C12H20O7/c1-7(13)17-5-9-11(15-3)12(16-4)10(19-9)6-18-8(2)14/h9-12H,5-6H2,1-4H3/t9-,10+,11-,12-/m1/s1. The lowest BCUT2D eigenvalue weighted by atomic mass is 10.1. The maximum absolute atomic E-state index is 10.8. The van der Waals surface area contributed by atoms with Crippen LogP contribution in [0.2, 0.25) is 0 Å². The Morgan fingerprint density at radius 2 is 1.26 bits per heavy atom. The van der Waals surface area contributed by atoms with E-state index in [0.29, 0.717) is 0 Å². The summed E-state index contributed by atoms with van der Waals surface area (Å²) in [6, 6.07) is 0. The molecule has 0 aliphatic carbocycles. The maximum Gasteiger partial charge on any atom is 0.302 e. The van der Waals surface area contributed by atoms with Gasteiger partial charge in [0.05, 0.1) is 0 Å². The molecule has 0 bridgehead atoms. The zero-order chi connectivity index (χ0) is 14.4. The molecule has 1 saturated heterocycles. The van der Waals surface area contributed by atoms with Crippen molar-refractivity contribution >= 4 is 11.9 Å². The molecule has 7 nitrogen and oxygen atoms in total. The van der Waals surface area contributed by atoms with Crippen LogP contribution in [0.1, 0.15) is 13.8 Å². The molecule has 0 aromatic rings. The van der Waals surface area contributed by atoms with Crippen LogP contribution in [0.15, 0.2) is 0 Å². The second-order valence-electron chi connectivity index (χ2n) is 4.22. The highest BCUT2D eigenvalue weighted by atomic mass is 16.6. The molecular formula is C12H20O7. The number of hydrogen-bond donors (Lipinski definition) is 0. The minimum atomic E-state index is -0.445. The SMILES string of the molecule is CO[C@H]1[C@H](OC)[C@@H](COC(C)=O)O[C@H]1COC(C)=O. The quantitative estimate of drug-likeness (QED) is 0.627. The molecule has 4 atom stereocenters. The van der Waals surface area contributed by atoms with Gasteiger partial charge in [-0.15, -0.1) is 0 Å². The van der Waals surface area contributed by atoms with Crippen molar-refractivity contribution in [1.29, 1.82) is 0 Å². The minimum Gasteiger partial charge on any atom is -0.463 e. The molecule has 0 saturated carbocycles. The van der Waals surface area contributed by atoms with Gasteiger partial charge in [-0.1, -0.05) is 0 Å². The molecule has 1 aliphatic heterocycles. The molecule has 1 heterocycles. The topological polar surface area (TPSA) is 80.3 Å². The summed E-state index contributed by atoms with van der Waals surface area (Å²) in [5.41, 5.74) is 0. The summed E-state index contributed by atoms with van der Waals surface area (Å²) in [5, 5.41) is 0. The first-order chi connectivity index (χ1) is 8.99. The van der Waals surface area contributed by atoms with E-state index in [1.54, 1.807) is 0 Å². The number of carbonyl (C=O) groups excluding carboxylic acids is 2. The first-order valence-electron chi connectivity index (χ1n) is 5.97. The number of esters is 2. The molecule has 1 fully saturated rings. The molecule has 7 heteroatoms. The molecule has 0 aromatic heterocycles. The van der Waals surface area contributed by atoms with Gasteiger partial charge in [0.15, 0.2) is 0 Å². The molecular weight excluding hydrogens is 256 g/mol. The fraction of sp³-hybridized carbons (Fsp3) is 0.833. The van der Waals surface area contributed by atoms with Crippen LogP contribution in [0.4, 0.5) is 0 Å². The number of rotatable bonds is 6. The summed E-state index contributed by atoms with van der Waals surface area (Å²) in [5.74, 6) is -0.785. The van der Waals surface area contributed by atoms with Crippen LogP contribution in [0.3, 0.4) is 0 Å². The van der Waals surface area contributed by atoms with Gasteiger partial charge in [-0.2, -0.15) is 0 Å². The molecule has 1 rings (SSSR count). The Kier molecular flexibility index (Phi) is 6.20. The third-order valence-corrected chi connectivity index (χ3v) is 2.85. The number of carbonyl (C=O) groups is 2. The minimum absolute atomic E-state index is 0.0737. The lowest BCUT2D eigenvalue weighted by Crippen LogP contribution is -2.39. The second kappa shape index (κ2) is 7.42. The summed E-state index contributed by atoms with van der Waals surface area (Å²) < 4.78 is 26.1. The van der Waals surface area contributed by atoms with Crippen LogP contribution < -0.4 is 0 Å². The number of methoxy groups -OCH3 is 2. The van der Waals surface area contributed by atoms with Gasteiger partial charge in [-0.25, -0.2) is 0 Å². The van der Waals surface area contributed by atoms with Gasteiger partial charge in [-0.05, 0) is 0 Å². The first kappa shape index (κ1) is 15.9. The second-order valence-corrected chi connectivity index (χ2v) is 4.22. The summed E-state index contributed by atoms with van der Waals surface area (Å²) in [6.07, 6.45) is -1.66. The highest BCUT2D eigenvalue weighted by Gasteiger charge is 2.46. The number of hydrogen-bond acceptors (Lipinski definition) is 7. The van der Waals surface area contributed by atoms with Gasteiger partial charge in [0.25, 0.3) is 0 Å². The molecule has 0 radical (unpaired) electrons. The molecule has 0 spiro atoms. The van der Waals surface area contributed by atoms with E-state index in [-0.39, 0.29) is 25.4 Å². The number of ether oxygens (including phenoxy) is 5. The molecule has 0 amide bonds. The van der Waals surface area contributed by atoms with Gasteiger partial charge in [0.2, 0.25) is 0 Å². The predicted octanol–water partition coefficient (Wildman–Crippen LogP) is -0.0900. The summed E-state index contributed by atoms with van der Waals surface area (Å²) in [7, 11) is 3.05. The Morgan fingerprint density at radius 1 is 0.895 bits per heavy atom. The van der Waals surface area contributed by atoms with Crippen LogP contribution >= 0.6 is 0 Å². The lowest BCUT2D eigenvalue weighted by Gasteiger charge is -2.21. The van der Waals surface area contributed by atoms with E-state index < -0.39 is 24.1 Å². The highest BCUT2D eigenvalue weighted by Crippen LogP contribution is 2.26. The van der Waals surface area contributed by atoms with Crippen LogP contribution in [-0.2, 0) is 33.3 Å². The molecule has 1 aliphatic rings. The summed E-state index contributed by atoms with van der Waals surface area (Å²) in [4.78, 5) is 21.6. The van der Waals surface area contributed by atoms with Gasteiger partial charge in [-0.3, -0.25) is 9.59 Å². The third-order valence-electron chi connectivity index (χ3n) is 2.85. The van der Waals surface area contributed by atoms with E-state index in [9.17, 15) is 9.59 Å². The van der Waals surface area contributed by atoms with Crippen molar-refractivity contribution in [2.24, 2.45) is 0 Å². The van der Waals surface area contributed by atoms with E-state index in [1.807, 2.05) is 0 Å². The van der Waals surface area contributed by atoms with Crippen molar-refractivity contribution in [3.05, 3.63) is 0 Å². The van der Waals surface area contributed by atoms with E-state index in [0.717, 1.165) is 0 Å². The van der Waals surface area contributed by atoms with Gasteiger partial charge < -0.3 is 23.7 Å². The molecule has 19 heavy (non-hydrogen) atoms. The van der Waals surface area contributed by atoms with Crippen LogP contribution in [0.25, 0.3) is 0 Å². The van der Waals surface area contributed by atoms with Crippen molar-refractivity contribution in [3.8, 4) is 0 Å². The van der Waals surface area contributed by atoms with Crippen LogP contribution in [0, 0.1) is 0 Å². The van der Waals surface area contributed by atoms with Crippen molar-refractivity contribution < 1.29 is 33.3 Å². The van der Waals surface area contributed by atoms with Gasteiger partial charge >= 0.3 is 11.9 Å². The molecule has 0 aromatic carbocycles. The maximum atomic E-state index is 10.8. The van der Waals surface area contributed by atoms with Gasteiger partial charge in [0.1, 0.15) is 37.6 Å². The molecule has 110 valence electrons. The van der Waals surface area contributed by atoms with Crippen molar-refractivity contribution in [1.82, 2.24) is 0 Å². The predicted molar refractivity (Wildman–Crippen MR) is 63.5 cm³/mol. The van der Waals surface area contributed by atoms with Crippen LogP contribution in [0.5, 0.6) is 0 Å². The normalized spacial score (nSPS) is 30.1. The monoisotopic (exact) mass is 276 g/mol. The van der Waals surface area contributed by atoms with Crippen molar-refractivity contribution in [2.75, 3.05) is 27.4 Å². The molecule has 0 unspecified atom stereocenters. The molecule has 0 N–H and O–H groups in total. The van der Waals surface area contributed by atoms with E-state index >= 15 is 0 Å². The smallest absolute Gasteiger partial charge is 0.302 e. The third kappa shape index (κ3) is 4.45. The van der Waals surface area contributed by atoms with Gasteiger partial charge in [0, 0.05) is 28.1 Å². The fourth-order valence-electron chi connectivity index (χ4n) is 2.04. The van der Waals surface area contributed by atoms with E-state index in [1.165, 1.54) is 28.1 Å². The van der Waals surface area contributed by atoms with Crippen LogP contribution in [-0.4, -0.2) is 63.8 Å². The highest BCUT2D eigenvalue weighted by molar-refractivity contribution is 5.66. The average Bonchev–Trinajstić information content (AvgIpc) is 2.70. The summed E-state index contributed by atoms with van der Waals surface area (Å²) >= 11 is 0. The lowest BCUT2D eigenvalue weighted by molar-refractivity contribution is -0.150. The Bertz CT molecular complexity index is 287. The van der Waals surface area contributed by atoms with Crippen molar-refractivity contribution in [3.63, 3.8) is 0 Å². The Balaban J connectivity index is 2.63. The first-order valence-corrected chi connectivity index (χ1v) is 5.97. The van der Waals surface area contributed by atoms with Crippen molar-refractivity contribution in [2.45, 2.75) is 38.3 Å². The van der Waals surface area contributed by atoms with E-state index in [2.05, 4.69) is 0 Å². The fourth-order valence-corrected chi connectivity index (χ4v) is 2.04. The largest absolute Gasteiger partial charge is 0.463 e.